The first-order chi connectivity index (χ1) is 10.9. The highest BCUT2D eigenvalue weighted by molar-refractivity contribution is 7.89. The Morgan fingerprint density at radius 1 is 1.09 bits per heavy atom. The van der Waals surface area contributed by atoms with Crippen LogP contribution in [-0.2, 0) is 25.9 Å². The van der Waals surface area contributed by atoms with E-state index in [-0.39, 0.29) is 0 Å². The first-order valence-corrected chi connectivity index (χ1v) is 9.72. The van der Waals surface area contributed by atoms with Gasteiger partial charge in [0.25, 0.3) is 0 Å². The molecule has 0 unspecified atom stereocenters. The molecule has 0 N–H and O–H groups in total. The van der Waals surface area contributed by atoms with Crippen LogP contribution in [0.5, 0.6) is 0 Å². The molecule has 0 aliphatic carbocycles. The van der Waals surface area contributed by atoms with E-state index in [2.05, 4.69) is 13.8 Å². The van der Waals surface area contributed by atoms with Gasteiger partial charge in [-0.15, -0.1) is 0 Å². The lowest BCUT2D eigenvalue weighted by molar-refractivity contribution is -0.179. The third-order valence-corrected chi connectivity index (χ3v) is 6.42. The van der Waals surface area contributed by atoms with Crippen LogP contribution in [0.15, 0.2) is 29.2 Å². The van der Waals surface area contributed by atoms with Crippen LogP contribution in [0, 0.1) is 5.92 Å². The molecule has 0 bridgehead atoms. The van der Waals surface area contributed by atoms with E-state index in [1.165, 1.54) is 5.56 Å². The summed E-state index contributed by atoms with van der Waals surface area (Å²) in [6, 6.07) is 7.28. The average molecular weight is 339 g/mol. The van der Waals surface area contributed by atoms with E-state index in [1.54, 1.807) is 16.4 Å². The van der Waals surface area contributed by atoms with Gasteiger partial charge in [0.05, 0.1) is 18.1 Å². The van der Waals surface area contributed by atoms with Gasteiger partial charge in [0, 0.05) is 25.9 Å². The van der Waals surface area contributed by atoms with Crippen LogP contribution in [0.4, 0.5) is 0 Å². The Balaban J connectivity index is 1.69. The maximum absolute atomic E-state index is 12.8. The zero-order chi connectivity index (χ0) is 16.5. The molecule has 5 nitrogen and oxygen atoms in total. The molecule has 2 saturated heterocycles. The van der Waals surface area contributed by atoms with Crippen LogP contribution in [-0.4, -0.2) is 44.8 Å². The Bertz CT molecular complexity index is 623. The van der Waals surface area contributed by atoms with Gasteiger partial charge in [0.1, 0.15) is 0 Å². The van der Waals surface area contributed by atoms with Crippen LogP contribution < -0.4 is 0 Å². The predicted octanol–water partition coefficient (Wildman–Crippen LogP) is 2.41. The molecule has 2 fully saturated rings. The second-order valence-corrected chi connectivity index (χ2v) is 8.69. The third kappa shape index (κ3) is 3.60. The van der Waals surface area contributed by atoms with Crippen molar-refractivity contribution < 1.29 is 17.9 Å². The van der Waals surface area contributed by atoms with Crippen LogP contribution in [0.1, 0.15) is 32.3 Å². The fraction of sp³-hybridized carbons (Fsp3) is 0.647. The van der Waals surface area contributed by atoms with Crippen molar-refractivity contribution in [1.29, 1.82) is 0 Å². The summed E-state index contributed by atoms with van der Waals surface area (Å²) < 4.78 is 38.4. The van der Waals surface area contributed by atoms with Gasteiger partial charge in [-0.1, -0.05) is 26.0 Å². The van der Waals surface area contributed by atoms with Crippen molar-refractivity contribution in [3.63, 3.8) is 0 Å². The minimum Gasteiger partial charge on any atom is -0.347 e. The van der Waals surface area contributed by atoms with Gasteiger partial charge in [-0.2, -0.15) is 4.31 Å². The molecule has 2 aliphatic heterocycles. The number of nitrogens with zero attached hydrogens (tertiary/aromatic N) is 1. The van der Waals surface area contributed by atoms with Crippen molar-refractivity contribution in [3.8, 4) is 0 Å². The molecule has 23 heavy (non-hydrogen) atoms. The van der Waals surface area contributed by atoms with Gasteiger partial charge in [0.2, 0.25) is 10.0 Å². The molecule has 0 amide bonds. The lowest BCUT2D eigenvalue weighted by Crippen LogP contribution is -2.47. The highest BCUT2D eigenvalue weighted by Crippen LogP contribution is 2.33. The summed E-state index contributed by atoms with van der Waals surface area (Å²) in [4.78, 5) is 0.370. The normalized spacial score (nSPS) is 22.0. The Kier molecular flexibility index (Phi) is 4.78. The molecule has 1 aromatic rings. The van der Waals surface area contributed by atoms with Gasteiger partial charge in [0.15, 0.2) is 5.79 Å². The zero-order valence-corrected chi connectivity index (χ0v) is 14.6. The fourth-order valence-electron chi connectivity index (χ4n) is 3.27. The predicted molar refractivity (Wildman–Crippen MR) is 87.6 cm³/mol. The van der Waals surface area contributed by atoms with E-state index in [1.807, 2.05) is 12.1 Å². The van der Waals surface area contributed by atoms with Crippen molar-refractivity contribution in [2.45, 2.75) is 43.8 Å². The molecular weight excluding hydrogens is 314 g/mol. The molecular formula is C17H25NO4S. The van der Waals surface area contributed by atoms with Gasteiger partial charge < -0.3 is 9.47 Å². The van der Waals surface area contributed by atoms with Crippen molar-refractivity contribution in [3.05, 3.63) is 29.8 Å². The van der Waals surface area contributed by atoms with Crippen molar-refractivity contribution in [2.24, 2.45) is 5.92 Å². The SMILES string of the molecule is CC(C)Cc1ccc(S(=O)(=O)N2CCC3(CC2)OCCO3)cc1. The Morgan fingerprint density at radius 3 is 2.17 bits per heavy atom. The average Bonchev–Trinajstić information content (AvgIpc) is 2.96. The molecule has 1 aromatic carbocycles. The molecule has 3 rings (SSSR count). The van der Waals surface area contributed by atoms with E-state index < -0.39 is 15.8 Å². The van der Waals surface area contributed by atoms with Crippen LogP contribution in [0.3, 0.4) is 0 Å². The Labute approximate surface area is 138 Å². The summed E-state index contributed by atoms with van der Waals surface area (Å²) in [5, 5.41) is 0. The molecule has 2 heterocycles. The lowest BCUT2D eigenvalue weighted by Gasteiger charge is -2.36. The second kappa shape index (κ2) is 6.51. The number of rotatable bonds is 4. The zero-order valence-electron chi connectivity index (χ0n) is 13.8. The summed E-state index contributed by atoms with van der Waals surface area (Å²) in [6.45, 7) is 6.39. The Morgan fingerprint density at radius 2 is 1.65 bits per heavy atom. The first-order valence-electron chi connectivity index (χ1n) is 8.28. The minimum atomic E-state index is -3.43. The highest BCUT2D eigenvalue weighted by Gasteiger charge is 2.42. The van der Waals surface area contributed by atoms with Gasteiger partial charge in [-0.3, -0.25) is 0 Å². The molecule has 1 spiro atoms. The lowest BCUT2D eigenvalue weighted by atomic mass is 10.0. The number of piperidine rings is 1. The number of hydrogen-bond acceptors (Lipinski definition) is 4. The summed E-state index contributed by atoms with van der Waals surface area (Å²) >= 11 is 0. The Hall–Kier alpha value is -0.950. The van der Waals surface area contributed by atoms with Crippen molar-refractivity contribution in [2.75, 3.05) is 26.3 Å². The van der Waals surface area contributed by atoms with Gasteiger partial charge >= 0.3 is 0 Å². The fourth-order valence-corrected chi connectivity index (χ4v) is 4.71. The minimum absolute atomic E-state index is 0.370. The summed E-state index contributed by atoms with van der Waals surface area (Å²) in [7, 11) is -3.43. The maximum Gasteiger partial charge on any atom is 0.243 e. The highest BCUT2D eigenvalue weighted by atomic mass is 32.2. The monoisotopic (exact) mass is 339 g/mol. The maximum atomic E-state index is 12.8. The van der Waals surface area contributed by atoms with Gasteiger partial charge in [-0.25, -0.2) is 8.42 Å². The molecule has 0 aromatic heterocycles. The smallest absolute Gasteiger partial charge is 0.243 e. The molecule has 0 atom stereocenters. The second-order valence-electron chi connectivity index (χ2n) is 6.75. The summed E-state index contributed by atoms with van der Waals surface area (Å²) in [5.74, 6) is 0.00908. The van der Waals surface area contributed by atoms with E-state index >= 15 is 0 Å². The quantitative estimate of drug-likeness (QED) is 0.845. The van der Waals surface area contributed by atoms with E-state index in [0.29, 0.717) is 50.0 Å². The van der Waals surface area contributed by atoms with Crippen LogP contribution in [0.2, 0.25) is 0 Å². The molecule has 0 radical (unpaired) electrons. The van der Waals surface area contributed by atoms with E-state index in [4.69, 9.17) is 9.47 Å². The van der Waals surface area contributed by atoms with E-state index in [9.17, 15) is 8.42 Å². The number of hydrogen-bond donors (Lipinski definition) is 0. The molecule has 128 valence electrons. The number of ether oxygens (including phenoxy) is 2. The van der Waals surface area contributed by atoms with E-state index in [0.717, 1.165) is 6.42 Å². The molecule has 0 saturated carbocycles. The number of sulfonamides is 1. The van der Waals surface area contributed by atoms with Crippen molar-refractivity contribution in [1.82, 2.24) is 4.31 Å². The standard InChI is InChI=1S/C17H25NO4S/c1-14(2)13-15-3-5-16(6-4-15)23(19,20)18-9-7-17(8-10-18)21-11-12-22-17/h3-6,14H,7-13H2,1-2H3. The molecule has 6 heteroatoms. The number of benzene rings is 1. The summed E-state index contributed by atoms with van der Waals surface area (Å²) in [6.07, 6.45) is 2.15. The molecule has 2 aliphatic rings. The third-order valence-electron chi connectivity index (χ3n) is 4.50. The van der Waals surface area contributed by atoms with Crippen LogP contribution in [0.25, 0.3) is 0 Å². The first kappa shape index (κ1) is 16.9. The van der Waals surface area contributed by atoms with Crippen molar-refractivity contribution >= 4 is 10.0 Å². The van der Waals surface area contributed by atoms with Crippen LogP contribution >= 0.6 is 0 Å². The topological polar surface area (TPSA) is 55.8 Å². The summed E-state index contributed by atoms with van der Waals surface area (Å²) in [5.41, 5.74) is 1.17. The van der Waals surface area contributed by atoms with Gasteiger partial charge in [-0.05, 0) is 30.0 Å². The largest absolute Gasteiger partial charge is 0.347 e.